The molecule has 0 spiro atoms. The van der Waals surface area contributed by atoms with E-state index in [-0.39, 0.29) is 12.5 Å². The van der Waals surface area contributed by atoms with Gasteiger partial charge in [0.2, 0.25) is 5.91 Å². The minimum Gasteiger partial charge on any atom is -0.372 e. The van der Waals surface area contributed by atoms with E-state index in [4.69, 9.17) is 0 Å². The minimum absolute atomic E-state index is 0.186. The van der Waals surface area contributed by atoms with Gasteiger partial charge in [0.15, 0.2) is 5.60 Å². The standard InChI is InChI=1S/C23H20N2O3S/c1-29-18-11-7-10-17(14-18)24-21(26)15-25-20-13-6-5-12-19(20)23(28,22(25)27)16-8-3-2-4-9-16/h2-14,28H,15H2,1H3,(H,24,26)/t23-/m0/s1. The average Bonchev–Trinajstić information content (AvgIpc) is 2.97. The molecule has 1 atom stereocenters. The maximum absolute atomic E-state index is 13.3. The number of thioether (sulfide) groups is 1. The summed E-state index contributed by atoms with van der Waals surface area (Å²) in [4.78, 5) is 28.3. The van der Waals surface area contributed by atoms with Crippen LogP contribution in [-0.4, -0.2) is 29.7 Å². The fourth-order valence-corrected chi connectivity index (χ4v) is 4.05. The summed E-state index contributed by atoms with van der Waals surface area (Å²) >= 11 is 1.58. The molecule has 0 aliphatic carbocycles. The largest absolute Gasteiger partial charge is 0.372 e. The van der Waals surface area contributed by atoms with Gasteiger partial charge < -0.3 is 10.4 Å². The number of fused-ring (bicyclic) bond motifs is 1. The van der Waals surface area contributed by atoms with E-state index in [1.807, 2.05) is 30.5 Å². The molecule has 4 rings (SSSR count). The second-order valence-electron chi connectivity index (χ2n) is 6.77. The van der Waals surface area contributed by atoms with Crippen LogP contribution in [0.2, 0.25) is 0 Å². The summed E-state index contributed by atoms with van der Waals surface area (Å²) in [7, 11) is 0. The number of hydrogen-bond donors (Lipinski definition) is 2. The van der Waals surface area contributed by atoms with Gasteiger partial charge in [-0.05, 0) is 36.1 Å². The highest BCUT2D eigenvalue weighted by Crippen LogP contribution is 2.44. The summed E-state index contributed by atoms with van der Waals surface area (Å²) in [5.41, 5.74) is 0.357. The fraction of sp³-hybridized carbons (Fsp3) is 0.130. The molecule has 6 heteroatoms. The van der Waals surface area contributed by atoms with Crippen LogP contribution in [-0.2, 0) is 15.2 Å². The van der Waals surface area contributed by atoms with E-state index in [0.717, 1.165) is 4.90 Å². The van der Waals surface area contributed by atoms with E-state index in [0.29, 0.717) is 22.5 Å². The first-order valence-corrected chi connectivity index (χ1v) is 10.4. The SMILES string of the molecule is CSc1cccc(NC(=O)CN2C(=O)[C@](O)(c3ccccc3)c3ccccc32)c1. The first-order chi connectivity index (χ1) is 14.0. The lowest BCUT2D eigenvalue weighted by Crippen LogP contribution is -2.44. The Hall–Kier alpha value is -3.09. The summed E-state index contributed by atoms with van der Waals surface area (Å²) in [5.74, 6) is -0.860. The Bertz CT molecular complexity index is 1070. The number of hydrogen-bond acceptors (Lipinski definition) is 4. The molecule has 5 nitrogen and oxygen atoms in total. The molecule has 0 saturated heterocycles. The normalized spacial score (nSPS) is 17.9. The first-order valence-electron chi connectivity index (χ1n) is 9.17. The number of rotatable bonds is 5. The molecule has 0 saturated carbocycles. The molecule has 2 N–H and O–H groups in total. The van der Waals surface area contributed by atoms with Crippen molar-refractivity contribution < 1.29 is 14.7 Å². The second-order valence-corrected chi connectivity index (χ2v) is 7.64. The van der Waals surface area contributed by atoms with Crippen LogP contribution in [0.3, 0.4) is 0 Å². The van der Waals surface area contributed by atoms with Crippen LogP contribution in [0.1, 0.15) is 11.1 Å². The van der Waals surface area contributed by atoms with Crippen molar-refractivity contribution in [3.05, 3.63) is 90.0 Å². The zero-order valence-electron chi connectivity index (χ0n) is 15.8. The third-order valence-corrected chi connectivity index (χ3v) is 5.71. The number of para-hydroxylation sites is 1. The van der Waals surface area contributed by atoms with Crippen LogP contribution >= 0.6 is 11.8 Å². The van der Waals surface area contributed by atoms with Crippen LogP contribution in [0.15, 0.2) is 83.8 Å². The van der Waals surface area contributed by atoms with Crippen molar-refractivity contribution in [1.82, 2.24) is 0 Å². The van der Waals surface area contributed by atoms with E-state index in [9.17, 15) is 14.7 Å². The Morgan fingerprint density at radius 3 is 2.52 bits per heavy atom. The monoisotopic (exact) mass is 404 g/mol. The van der Waals surface area contributed by atoms with Crippen molar-refractivity contribution in [3.63, 3.8) is 0 Å². The van der Waals surface area contributed by atoms with Crippen molar-refractivity contribution in [2.75, 3.05) is 23.0 Å². The Kier molecular flexibility index (Phi) is 5.13. The van der Waals surface area contributed by atoms with E-state index in [1.54, 1.807) is 66.4 Å². The average molecular weight is 404 g/mol. The second kappa shape index (κ2) is 7.73. The molecule has 2 amide bonds. The highest BCUT2D eigenvalue weighted by atomic mass is 32.2. The van der Waals surface area contributed by atoms with E-state index < -0.39 is 11.5 Å². The summed E-state index contributed by atoms with van der Waals surface area (Å²) in [6.45, 7) is -0.186. The van der Waals surface area contributed by atoms with Gasteiger partial charge in [0.1, 0.15) is 6.54 Å². The molecule has 0 radical (unpaired) electrons. The Morgan fingerprint density at radius 1 is 1.03 bits per heavy atom. The van der Waals surface area contributed by atoms with Crippen molar-refractivity contribution in [3.8, 4) is 0 Å². The minimum atomic E-state index is -1.81. The highest BCUT2D eigenvalue weighted by molar-refractivity contribution is 7.98. The third-order valence-electron chi connectivity index (χ3n) is 4.99. The number of carbonyl (C=O) groups is 2. The van der Waals surface area contributed by atoms with Crippen LogP contribution < -0.4 is 10.2 Å². The number of benzene rings is 3. The van der Waals surface area contributed by atoms with Crippen LogP contribution in [0.4, 0.5) is 11.4 Å². The Morgan fingerprint density at radius 2 is 1.76 bits per heavy atom. The van der Waals surface area contributed by atoms with Gasteiger partial charge in [0.05, 0.1) is 5.69 Å². The van der Waals surface area contributed by atoms with Gasteiger partial charge in [-0.1, -0.05) is 54.6 Å². The first kappa shape index (κ1) is 19.2. The van der Waals surface area contributed by atoms with Gasteiger partial charge in [0.25, 0.3) is 5.91 Å². The van der Waals surface area contributed by atoms with Gasteiger partial charge in [0, 0.05) is 16.1 Å². The topological polar surface area (TPSA) is 69.6 Å². The van der Waals surface area contributed by atoms with Gasteiger partial charge in [-0.2, -0.15) is 0 Å². The van der Waals surface area contributed by atoms with Crippen molar-refractivity contribution in [1.29, 1.82) is 0 Å². The molecule has 146 valence electrons. The molecule has 0 fully saturated rings. The zero-order valence-corrected chi connectivity index (χ0v) is 16.6. The van der Waals surface area contributed by atoms with E-state index >= 15 is 0 Å². The lowest BCUT2D eigenvalue weighted by atomic mass is 9.88. The fourth-order valence-electron chi connectivity index (χ4n) is 3.60. The summed E-state index contributed by atoms with van der Waals surface area (Å²) in [5, 5.41) is 14.2. The number of amides is 2. The predicted molar refractivity (Wildman–Crippen MR) is 115 cm³/mol. The lowest BCUT2D eigenvalue weighted by Gasteiger charge is -2.23. The Labute approximate surface area is 173 Å². The third kappa shape index (κ3) is 3.41. The molecule has 0 unspecified atom stereocenters. The molecule has 29 heavy (non-hydrogen) atoms. The van der Waals surface area contributed by atoms with E-state index in [2.05, 4.69) is 5.32 Å². The maximum Gasteiger partial charge on any atom is 0.268 e. The Balaban J connectivity index is 1.63. The predicted octanol–water partition coefficient (Wildman–Crippen LogP) is 3.63. The van der Waals surface area contributed by atoms with E-state index in [1.165, 1.54) is 4.90 Å². The summed E-state index contributed by atoms with van der Waals surface area (Å²) in [6, 6.07) is 23.3. The van der Waals surface area contributed by atoms with Crippen LogP contribution in [0, 0.1) is 0 Å². The molecular weight excluding hydrogens is 384 g/mol. The molecule has 0 aromatic heterocycles. The maximum atomic E-state index is 13.3. The number of nitrogens with one attached hydrogen (secondary N) is 1. The van der Waals surface area contributed by atoms with Gasteiger partial charge in [-0.15, -0.1) is 11.8 Å². The van der Waals surface area contributed by atoms with Gasteiger partial charge in [-0.3, -0.25) is 14.5 Å². The number of carbonyl (C=O) groups excluding carboxylic acids is 2. The summed E-state index contributed by atoms with van der Waals surface area (Å²) < 4.78 is 0. The van der Waals surface area contributed by atoms with Crippen LogP contribution in [0.25, 0.3) is 0 Å². The lowest BCUT2D eigenvalue weighted by molar-refractivity contribution is -0.133. The number of aliphatic hydroxyl groups is 1. The summed E-state index contributed by atoms with van der Waals surface area (Å²) in [6.07, 6.45) is 1.96. The quantitative estimate of drug-likeness (QED) is 0.637. The molecule has 3 aromatic rings. The molecule has 1 aliphatic rings. The van der Waals surface area contributed by atoms with Crippen molar-refractivity contribution in [2.24, 2.45) is 0 Å². The molecular formula is C23H20N2O3S. The highest BCUT2D eigenvalue weighted by Gasteiger charge is 2.51. The molecule has 0 bridgehead atoms. The van der Waals surface area contributed by atoms with Gasteiger partial charge in [-0.25, -0.2) is 0 Å². The smallest absolute Gasteiger partial charge is 0.268 e. The molecule has 3 aromatic carbocycles. The number of nitrogens with zero attached hydrogens (tertiary/aromatic N) is 1. The van der Waals surface area contributed by atoms with Crippen molar-refractivity contribution in [2.45, 2.75) is 10.5 Å². The molecule has 1 aliphatic heterocycles. The molecule has 1 heterocycles. The van der Waals surface area contributed by atoms with Gasteiger partial charge >= 0.3 is 0 Å². The zero-order chi connectivity index (χ0) is 20.4. The van der Waals surface area contributed by atoms with Crippen molar-refractivity contribution >= 4 is 35.0 Å². The number of anilines is 2. The van der Waals surface area contributed by atoms with Crippen LogP contribution in [0.5, 0.6) is 0 Å².